The molecule has 0 fully saturated rings. The molecule has 1 N–H and O–H groups in total. The number of benzene rings is 2. The van der Waals surface area contributed by atoms with E-state index >= 15 is 0 Å². The molecule has 2 rings (SSSR count). The summed E-state index contributed by atoms with van der Waals surface area (Å²) in [4.78, 5) is 0. The first-order valence-electron chi connectivity index (χ1n) is 5.48. The zero-order chi connectivity index (χ0) is 14.2. The highest BCUT2D eigenvalue weighted by molar-refractivity contribution is 9.10. The molecule has 0 aliphatic heterocycles. The normalized spacial score (nSPS) is 12.5. The smallest absolute Gasteiger partial charge is 0.129 e. The van der Waals surface area contributed by atoms with E-state index in [1.165, 1.54) is 13.0 Å². The molecule has 0 saturated heterocycles. The molecule has 100 valence electrons. The molecule has 0 saturated carbocycles. The highest BCUT2D eigenvalue weighted by atomic mass is 79.9. The lowest BCUT2D eigenvalue weighted by Gasteiger charge is -2.14. The number of halogens is 4. The van der Waals surface area contributed by atoms with Gasteiger partial charge in [0.15, 0.2) is 0 Å². The van der Waals surface area contributed by atoms with Gasteiger partial charge in [-0.3, -0.25) is 0 Å². The predicted molar refractivity (Wildman–Crippen MR) is 74.3 cm³/mol. The molecule has 0 aliphatic rings. The van der Waals surface area contributed by atoms with Crippen molar-refractivity contribution >= 4 is 27.5 Å². The first kappa shape index (κ1) is 14.4. The van der Waals surface area contributed by atoms with Gasteiger partial charge in [0.05, 0.1) is 5.02 Å². The highest BCUT2D eigenvalue weighted by Gasteiger charge is 2.18. The zero-order valence-electron chi connectivity index (χ0n) is 9.92. The molecule has 0 spiro atoms. The van der Waals surface area contributed by atoms with Crippen LogP contribution in [0, 0.1) is 18.6 Å². The van der Waals surface area contributed by atoms with Gasteiger partial charge in [-0.1, -0.05) is 17.7 Å². The van der Waals surface area contributed by atoms with E-state index in [2.05, 4.69) is 15.9 Å². The van der Waals surface area contributed by atoms with Crippen LogP contribution in [0.2, 0.25) is 5.02 Å². The quantitative estimate of drug-likeness (QED) is 0.829. The molecule has 2 aromatic carbocycles. The summed E-state index contributed by atoms with van der Waals surface area (Å²) in [5, 5.41) is 10.5. The van der Waals surface area contributed by atoms with Crippen LogP contribution in [0.25, 0.3) is 0 Å². The molecular weight excluding hydrogens is 338 g/mol. The fourth-order valence-corrected chi connectivity index (χ4v) is 2.17. The molecule has 0 amide bonds. The van der Waals surface area contributed by atoms with E-state index in [-0.39, 0.29) is 11.1 Å². The third-order valence-electron chi connectivity index (χ3n) is 2.83. The van der Waals surface area contributed by atoms with E-state index in [4.69, 9.17) is 11.6 Å². The first-order valence-corrected chi connectivity index (χ1v) is 6.66. The third kappa shape index (κ3) is 2.96. The molecule has 0 bridgehead atoms. The van der Waals surface area contributed by atoms with Gasteiger partial charge >= 0.3 is 0 Å². The van der Waals surface area contributed by atoms with Crippen LogP contribution in [0.4, 0.5) is 8.78 Å². The van der Waals surface area contributed by atoms with E-state index in [1.807, 2.05) is 0 Å². The minimum atomic E-state index is -1.26. The van der Waals surface area contributed by atoms with E-state index in [1.54, 1.807) is 12.1 Å². The second-order valence-corrected chi connectivity index (χ2v) is 5.46. The maximum absolute atomic E-state index is 13.8. The van der Waals surface area contributed by atoms with Crippen molar-refractivity contribution < 1.29 is 13.9 Å². The minimum Gasteiger partial charge on any atom is -0.384 e. The van der Waals surface area contributed by atoms with Gasteiger partial charge < -0.3 is 5.11 Å². The molecule has 0 aromatic heterocycles. The van der Waals surface area contributed by atoms with Crippen LogP contribution in [-0.4, -0.2) is 5.11 Å². The molecule has 2 aromatic rings. The zero-order valence-corrected chi connectivity index (χ0v) is 12.3. The van der Waals surface area contributed by atoms with Crippen LogP contribution in [0.3, 0.4) is 0 Å². The lowest BCUT2D eigenvalue weighted by Crippen LogP contribution is -2.04. The fourth-order valence-electron chi connectivity index (χ4n) is 1.73. The summed E-state index contributed by atoms with van der Waals surface area (Å²) in [7, 11) is 0. The van der Waals surface area contributed by atoms with Gasteiger partial charge in [-0.25, -0.2) is 8.78 Å². The van der Waals surface area contributed by atoms with E-state index in [0.29, 0.717) is 15.1 Å². The lowest BCUT2D eigenvalue weighted by atomic mass is 9.99. The second kappa shape index (κ2) is 5.57. The number of aliphatic hydroxyl groups excluding tert-OH is 1. The molecule has 5 heteroatoms. The van der Waals surface area contributed by atoms with E-state index in [0.717, 1.165) is 12.1 Å². The van der Waals surface area contributed by atoms with Crippen molar-refractivity contribution in [2.24, 2.45) is 0 Å². The van der Waals surface area contributed by atoms with Gasteiger partial charge in [-0.15, -0.1) is 0 Å². The van der Waals surface area contributed by atoms with E-state index < -0.39 is 17.7 Å². The average molecular weight is 348 g/mol. The van der Waals surface area contributed by atoms with Gasteiger partial charge in [0, 0.05) is 10.0 Å². The largest absolute Gasteiger partial charge is 0.384 e. The molecule has 1 nitrogen and oxygen atoms in total. The Bertz CT molecular complexity index is 631. The van der Waals surface area contributed by atoms with Crippen molar-refractivity contribution in [1.29, 1.82) is 0 Å². The Kier molecular flexibility index (Phi) is 4.23. The van der Waals surface area contributed by atoms with Crippen LogP contribution in [0.1, 0.15) is 22.8 Å². The Hall–Kier alpha value is -0.970. The number of rotatable bonds is 2. The molecule has 0 aliphatic carbocycles. The lowest BCUT2D eigenvalue weighted by molar-refractivity contribution is 0.214. The van der Waals surface area contributed by atoms with Crippen LogP contribution < -0.4 is 0 Å². The second-order valence-electron chi connectivity index (χ2n) is 4.20. The summed E-state index contributed by atoms with van der Waals surface area (Å²) in [6, 6.07) is 6.81. The Balaban J connectivity index is 2.46. The number of hydrogen-bond donors (Lipinski definition) is 1. The summed E-state index contributed by atoms with van der Waals surface area (Å²) < 4.78 is 27.9. The van der Waals surface area contributed by atoms with E-state index in [9.17, 15) is 13.9 Å². The summed E-state index contributed by atoms with van der Waals surface area (Å²) >= 11 is 9.14. The highest BCUT2D eigenvalue weighted by Crippen LogP contribution is 2.30. The van der Waals surface area contributed by atoms with Crippen molar-refractivity contribution in [1.82, 2.24) is 0 Å². The Morgan fingerprint density at radius 3 is 2.47 bits per heavy atom. The minimum absolute atomic E-state index is 0.110. The number of aryl methyl sites for hydroxylation is 1. The van der Waals surface area contributed by atoms with Crippen LogP contribution in [-0.2, 0) is 0 Å². The average Bonchev–Trinajstić information content (AvgIpc) is 2.36. The van der Waals surface area contributed by atoms with Crippen LogP contribution in [0.5, 0.6) is 0 Å². The molecule has 0 heterocycles. The van der Waals surface area contributed by atoms with Gasteiger partial charge in [0.2, 0.25) is 0 Å². The van der Waals surface area contributed by atoms with Crippen molar-refractivity contribution in [3.63, 3.8) is 0 Å². The molecule has 19 heavy (non-hydrogen) atoms. The summed E-state index contributed by atoms with van der Waals surface area (Å²) in [6.07, 6.45) is -1.26. The fraction of sp³-hybridized carbons (Fsp3) is 0.143. The van der Waals surface area contributed by atoms with Crippen LogP contribution in [0.15, 0.2) is 34.8 Å². The maximum atomic E-state index is 13.8. The van der Waals surface area contributed by atoms with Gasteiger partial charge in [-0.05, 0) is 58.2 Å². The topological polar surface area (TPSA) is 20.2 Å². The SMILES string of the molecule is Cc1cc(F)c(C(O)c2ccc(Br)c(Cl)c2)cc1F. The van der Waals surface area contributed by atoms with Crippen molar-refractivity contribution in [3.05, 3.63) is 68.2 Å². The molecular formula is C14H10BrClF2O. The first-order chi connectivity index (χ1) is 8.90. The summed E-state index contributed by atoms with van der Waals surface area (Å²) in [5.74, 6) is -1.20. The monoisotopic (exact) mass is 346 g/mol. The standard InChI is InChI=1S/C14H10BrClF2O/c1-7-4-13(18)9(6-12(7)17)14(19)8-2-3-10(15)11(16)5-8/h2-6,14,19H,1H3. The molecule has 1 unspecified atom stereocenters. The number of aliphatic hydroxyl groups is 1. The van der Waals surface area contributed by atoms with Crippen molar-refractivity contribution in [3.8, 4) is 0 Å². The molecule has 1 atom stereocenters. The van der Waals surface area contributed by atoms with Gasteiger partial charge in [0.25, 0.3) is 0 Å². The van der Waals surface area contributed by atoms with Crippen LogP contribution >= 0.6 is 27.5 Å². The summed E-state index contributed by atoms with van der Waals surface area (Å²) in [6.45, 7) is 1.46. The predicted octanol–water partition coefficient (Wildman–Crippen LogP) is 4.77. The Labute approximate surface area is 123 Å². The summed E-state index contributed by atoms with van der Waals surface area (Å²) in [5.41, 5.74) is 0.485. The van der Waals surface area contributed by atoms with Gasteiger partial charge in [0.1, 0.15) is 17.7 Å². The van der Waals surface area contributed by atoms with Gasteiger partial charge in [-0.2, -0.15) is 0 Å². The Morgan fingerprint density at radius 2 is 1.84 bits per heavy atom. The number of hydrogen-bond acceptors (Lipinski definition) is 1. The van der Waals surface area contributed by atoms with Crippen molar-refractivity contribution in [2.45, 2.75) is 13.0 Å². The van der Waals surface area contributed by atoms with Crippen molar-refractivity contribution in [2.75, 3.05) is 0 Å². The maximum Gasteiger partial charge on any atom is 0.129 e. The Morgan fingerprint density at radius 1 is 1.16 bits per heavy atom. The third-order valence-corrected chi connectivity index (χ3v) is 4.06. The molecule has 0 radical (unpaired) electrons.